The van der Waals surface area contributed by atoms with Gasteiger partial charge >= 0.3 is 5.97 Å². The number of carboxylic acid groups (broad SMARTS) is 1. The van der Waals surface area contributed by atoms with E-state index in [4.69, 9.17) is 21.4 Å². The van der Waals surface area contributed by atoms with Gasteiger partial charge in [-0.15, -0.1) is 0 Å². The Hall–Kier alpha value is -1.37. The molecule has 1 fully saturated rings. The van der Waals surface area contributed by atoms with Crippen LogP contribution in [-0.4, -0.2) is 60.4 Å². The number of aromatic nitrogens is 1. The quantitative estimate of drug-likeness (QED) is 0.809. The minimum Gasteiger partial charge on any atom is -0.478 e. The molecule has 7 heteroatoms. The first kappa shape index (κ1) is 14.0. The fraction of sp³-hybridized carbons (Fsp3) is 0.500. The summed E-state index contributed by atoms with van der Waals surface area (Å²) >= 11 is 5.78. The molecule has 1 saturated heterocycles. The Balaban J connectivity index is 1.97. The van der Waals surface area contributed by atoms with Crippen molar-refractivity contribution in [2.45, 2.75) is 6.10 Å². The molecule has 104 valence electrons. The van der Waals surface area contributed by atoms with Crippen LogP contribution in [0.4, 0.5) is 5.82 Å². The average Bonchev–Trinajstić information content (AvgIpc) is 2.36. The van der Waals surface area contributed by atoms with Crippen molar-refractivity contribution in [2.24, 2.45) is 0 Å². The highest BCUT2D eigenvalue weighted by Gasteiger charge is 2.17. The number of aromatic carboxylic acids is 1. The second kappa shape index (κ2) is 6.18. The fourth-order valence-electron chi connectivity index (χ4n) is 1.92. The highest BCUT2D eigenvalue weighted by Crippen LogP contribution is 2.15. The molecule has 2 rings (SSSR count). The van der Waals surface area contributed by atoms with Gasteiger partial charge in [0.25, 0.3) is 0 Å². The highest BCUT2D eigenvalue weighted by molar-refractivity contribution is 6.29. The molecule has 1 aliphatic heterocycles. The van der Waals surface area contributed by atoms with Gasteiger partial charge < -0.3 is 20.1 Å². The number of likely N-dealkylation sites (N-methyl/N-ethyl adjacent to an activating group) is 1. The van der Waals surface area contributed by atoms with Crippen molar-refractivity contribution < 1.29 is 14.6 Å². The summed E-state index contributed by atoms with van der Waals surface area (Å²) in [6.07, 6.45) is 0.0628. The maximum Gasteiger partial charge on any atom is 0.335 e. The van der Waals surface area contributed by atoms with Crippen LogP contribution in [0.1, 0.15) is 10.4 Å². The Bertz CT molecular complexity index is 470. The summed E-state index contributed by atoms with van der Waals surface area (Å²) in [7, 11) is 2.04. The molecule has 0 aromatic carbocycles. The molecule has 2 N–H and O–H groups in total. The minimum absolute atomic E-state index is 0.0628. The summed E-state index contributed by atoms with van der Waals surface area (Å²) in [5, 5.41) is 12.2. The standard InChI is InChI=1S/C12H16ClN3O3/c1-16-2-3-19-9(7-16)6-14-11-5-8(12(17)18)4-10(13)15-11/h4-5,9H,2-3,6-7H2,1H3,(H,14,15)(H,17,18). The number of nitrogens with one attached hydrogen (secondary N) is 1. The first-order valence-electron chi connectivity index (χ1n) is 5.99. The molecule has 1 aromatic rings. The van der Waals surface area contributed by atoms with Crippen LogP contribution in [0.15, 0.2) is 12.1 Å². The zero-order valence-corrected chi connectivity index (χ0v) is 11.4. The van der Waals surface area contributed by atoms with Crippen LogP contribution < -0.4 is 5.32 Å². The third-order valence-electron chi connectivity index (χ3n) is 2.89. The molecule has 0 aliphatic carbocycles. The van der Waals surface area contributed by atoms with Crippen LogP contribution in [0.3, 0.4) is 0 Å². The number of hydrogen-bond acceptors (Lipinski definition) is 5. The monoisotopic (exact) mass is 285 g/mol. The van der Waals surface area contributed by atoms with Gasteiger partial charge in [-0.05, 0) is 19.2 Å². The predicted octanol–water partition coefficient (Wildman–Crippen LogP) is 1.18. The smallest absolute Gasteiger partial charge is 0.335 e. The van der Waals surface area contributed by atoms with Gasteiger partial charge in [-0.1, -0.05) is 11.6 Å². The number of anilines is 1. The summed E-state index contributed by atoms with van der Waals surface area (Å²) in [6, 6.07) is 2.78. The molecular weight excluding hydrogens is 270 g/mol. The summed E-state index contributed by atoms with van der Waals surface area (Å²) in [5.41, 5.74) is 0.115. The molecule has 1 aliphatic rings. The Morgan fingerprint density at radius 1 is 1.68 bits per heavy atom. The molecule has 0 spiro atoms. The molecule has 0 amide bonds. The number of pyridine rings is 1. The molecule has 2 heterocycles. The van der Waals surface area contributed by atoms with Crippen molar-refractivity contribution >= 4 is 23.4 Å². The molecule has 1 atom stereocenters. The Morgan fingerprint density at radius 2 is 2.47 bits per heavy atom. The minimum atomic E-state index is -1.03. The number of hydrogen-bond donors (Lipinski definition) is 2. The van der Waals surface area contributed by atoms with Crippen LogP contribution in [0.25, 0.3) is 0 Å². The van der Waals surface area contributed by atoms with E-state index in [0.717, 1.165) is 13.1 Å². The first-order valence-corrected chi connectivity index (χ1v) is 6.37. The van der Waals surface area contributed by atoms with Gasteiger partial charge in [0.15, 0.2) is 0 Å². The Labute approximate surface area is 116 Å². The molecule has 0 bridgehead atoms. The van der Waals surface area contributed by atoms with Gasteiger partial charge in [0.05, 0.1) is 18.3 Å². The van der Waals surface area contributed by atoms with Crippen molar-refractivity contribution in [1.82, 2.24) is 9.88 Å². The van der Waals surface area contributed by atoms with E-state index in [2.05, 4.69) is 15.2 Å². The summed E-state index contributed by atoms with van der Waals surface area (Å²) in [4.78, 5) is 17.1. The van der Waals surface area contributed by atoms with Crippen LogP contribution in [0.5, 0.6) is 0 Å². The number of carbonyl (C=O) groups is 1. The van der Waals surface area contributed by atoms with Gasteiger partial charge in [0.2, 0.25) is 0 Å². The maximum atomic E-state index is 10.9. The Morgan fingerprint density at radius 3 is 3.16 bits per heavy atom. The van der Waals surface area contributed by atoms with Crippen LogP contribution in [-0.2, 0) is 4.74 Å². The van der Waals surface area contributed by atoms with E-state index in [1.807, 2.05) is 7.05 Å². The van der Waals surface area contributed by atoms with Crippen molar-refractivity contribution in [3.63, 3.8) is 0 Å². The number of rotatable bonds is 4. The van der Waals surface area contributed by atoms with Crippen molar-refractivity contribution in [3.05, 3.63) is 22.8 Å². The predicted molar refractivity (Wildman–Crippen MR) is 71.9 cm³/mol. The second-order valence-electron chi connectivity index (χ2n) is 4.50. The van der Waals surface area contributed by atoms with E-state index in [0.29, 0.717) is 19.0 Å². The van der Waals surface area contributed by atoms with E-state index in [1.54, 1.807) is 0 Å². The molecule has 19 heavy (non-hydrogen) atoms. The molecule has 0 radical (unpaired) electrons. The molecule has 1 unspecified atom stereocenters. The zero-order chi connectivity index (χ0) is 13.8. The van der Waals surface area contributed by atoms with Gasteiger partial charge in [-0.3, -0.25) is 0 Å². The van der Waals surface area contributed by atoms with E-state index in [1.165, 1.54) is 12.1 Å². The van der Waals surface area contributed by atoms with Gasteiger partial charge in [0, 0.05) is 19.6 Å². The third kappa shape index (κ3) is 4.05. The van der Waals surface area contributed by atoms with Crippen molar-refractivity contribution in [3.8, 4) is 0 Å². The van der Waals surface area contributed by atoms with Crippen LogP contribution in [0.2, 0.25) is 5.15 Å². The first-order chi connectivity index (χ1) is 9.04. The highest BCUT2D eigenvalue weighted by atomic mass is 35.5. The zero-order valence-electron chi connectivity index (χ0n) is 10.6. The van der Waals surface area contributed by atoms with Crippen molar-refractivity contribution in [1.29, 1.82) is 0 Å². The summed E-state index contributed by atoms with van der Waals surface area (Å²) in [5.74, 6) is -0.581. The van der Waals surface area contributed by atoms with Crippen molar-refractivity contribution in [2.75, 3.05) is 38.6 Å². The van der Waals surface area contributed by atoms with Crippen LogP contribution >= 0.6 is 11.6 Å². The second-order valence-corrected chi connectivity index (χ2v) is 4.89. The maximum absolute atomic E-state index is 10.9. The lowest BCUT2D eigenvalue weighted by Gasteiger charge is -2.30. The Kier molecular flexibility index (Phi) is 4.57. The number of carboxylic acids is 1. The van der Waals surface area contributed by atoms with Gasteiger partial charge in [-0.25, -0.2) is 9.78 Å². The fourth-order valence-corrected chi connectivity index (χ4v) is 2.13. The molecule has 1 aromatic heterocycles. The molecule has 6 nitrogen and oxygen atoms in total. The molecule has 0 saturated carbocycles. The lowest BCUT2D eigenvalue weighted by molar-refractivity contribution is -0.0117. The lowest BCUT2D eigenvalue weighted by atomic mass is 10.2. The lowest BCUT2D eigenvalue weighted by Crippen LogP contribution is -2.43. The molecular formula is C12H16ClN3O3. The largest absolute Gasteiger partial charge is 0.478 e. The van der Waals surface area contributed by atoms with Gasteiger partial charge in [-0.2, -0.15) is 0 Å². The number of ether oxygens (including phenoxy) is 1. The normalized spacial score (nSPS) is 20.2. The number of nitrogens with zero attached hydrogens (tertiary/aromatic N) is 2. The third-order valence-corrected chi connectivity index (χ3v) is 3.09. The average molecular weight is 286 g/mol. The van der Waals surface area contributed by atoms with E-state index >= 15 is 0 Å². The van der Waals surface area contributed by atoms with E-state index in [9.17, 15) is 4.79 Å². The van der Waals surface area contributed by atoms with E-state index in [-0.39, 0.29) is 16.8 Å². The summed E-state index contributed by atoms with van der Waals surface area (Å²) in [6.45, 7) is 3.03. The summed E-state index contributed by atoms with van der Waals surface area (Å²) < 4.78 is 5.60. The van der Waals surface area contributed by atoms with E-state index < -0.39 is 5.97 Å². The number of halogens is 1. The van der Waals surface area contributed by atoms with Gasteiger partial charge in [0.1, 0.15) is 11.0 Å². The van der Waals surface area contributed by atoms with Crippen LogP contribution in [0, 0.1) is 0 Å². The topological polar surface area (TPSA) is 74.7 Å². The number of morpholine rings is 1. The SMILES string of the molecule is CN1CCOC(CNc2cc(C(=O)O)cc(Cl)n2)C1.